The third-order valence-electron chi connectivity index (χ3n) is 3.72. The predicted octanol–water partition coefficient (Wildman–Crippen LogP) is 4.69. The Balaban J connectivity index is 1.89. The van der Waals surface area contributed by atoms with Crippen LogP contribution in [0.1, 0.15) is 11.1 Å². The topological polar surface area (TPSA) is 66.8 Å². The minimum atomic E-state index is -0.0698. The van der Waals surface area contributed by atoms with Crippen molar-refractivity contribution in [3.05, 3.63) is 67.6 Å². The molecule has 4 nitrogen and oxygen atoms in total. The minimum absolute atomic E-state index is 0.0698. The van der Waals surface area contributed by atoms with Gasteiger partial charge in [0.25, 0.3) is 0 Å². The first-order chi connectivity index (χ1) is 11.9. The van der Waals surface area contributed by atoms with Crippen molar-refractivity contribution in [3.63, 3.8) is 0 Å². The molecule has 128 valence electrons. The Hall–Kier alpha value is -1.89. The first-order valence-electron chi connectivity index (χ1n) is 7.44. The monoisotopic (exact) mass is 464 g/mol. The number of benzene rings is 2. The maximum atomic E-state index is 12.7. The average Bonchev–Trinajstić information content (AvgIpc) is 2.58. The molecular formula is C19H14Br2O4. The van der Waals surface area contributed by atoms with Crippen molar-refractivity contribution in [1.82, 2.24) is 0 Å². The van der Waals surface area contributed by atoms with Crippen LogP contribution in [0.2, 0.25) is 0 Å². The van der Waals surface area contributed by atoms with Gasteiger partial charge in [-0.3, -0.25) is 4.79 Å². The molecule has 0 atom stereocenters. The largest absolute Gasteiger partial charge is 0.507 e. The highest BCUT2D eigenvalue weighted by Gasteiger charge is 2.21. The number of ether oxygens (including phenoxy) is 1. The first-order valence-corrected chi connectivity index (χ1v) is 9.03. The Morgan fingerprint density at radius 1 is 0.840 bits per heavy atom. The van der Waals surface area contributed by atoms with Crippen LogP contribution < -0.4 is 0 Å². The summed E-state index contributed by atoms with van der Waals surface area (Å²) in [4.78, 5) is 12.7. The lowest BCUT2D eigenvalue weighted by molar-refractivity contribution is -0.114. The quantitative estimate of drug-likeness (QED) is 0.631. The van der Waals surface area contributed by atoms with E-state index in [1.165, 1.54) is 0 Å². The van der Waals surface area contributed by atoms with Crippen LogP contribution >= 0.6 is 31.9 Å². The lowest BCUT2D eigenvalue weighted by Gasteiger charge is -2.17. The van der Waals surface area contributed by atoms with E-state index in [-0.39, 0.29) is 30.5 Å². The molecule has 1 saturated heterocycles. The Labute approximate surface area is 161 Å². The van der Waals surface area contributed by atoms with Crippen LogP contribution in [-0.2, 0) is 9.53 Å². The normalized spacial score (nSPS) is 18.1. The van der Waals surface area contributed by atoms with Crippen molar-refractivity contribution in [1.29, 1.82) is 0 Å². The van der Waals surface area contributed by atoms with Gasteiger partial charge in [-0.1, -0.05) is 12.1 Å². The molecule has 1 aliphatic rings. The van der Waals surface area contributed by atoms with E-state index in [1.54, 1.807) is 48.6 Å². The second-order valence-corrected chi connectivity index (χ2v) is 7.29. The van der Waals surface area contributed by atoms with Gasteiger partial charge in [-0.15, -0.1) is 0 Å². The van der Waals surface area contributed by atoms with Crippen molar-refractivity contribution in [3.8, 4) is 11.5 Å². The molecule has 3 rings (SSSR count). The number of hydrogen-bond acceptors (Lipinski definition) is 4. The summed E-state index contributed by atoms with van der Waals surface area (Å²) in [6.45, 7) is 0.488. The second-order valence-electron chi connectivity index (χ2n) is 5.58. The standard InChI is InChI=1S/C19H14Br2O4/c20-15-7-11(1-3-17(15)22)5-13-9-25-10-14(19(13)24)6-12-2-4-18(23)16(21)8-12/h1-8,22-23H,9-10H2/b13-5+,14-6+. The number of carbonyl (C=O) groups is 1. The van der Waals surface area contributed by atoms with E-state index in [1.807, 2.05) is 0 Å². The van der Waals surface area contributed by atoms with Crippen LogP contribution in [0.15, 0.2) is 56.5 Å². The van der Waals surface area contributed by atoms with Gasteiger partial charge in [-0.2, -0.15) is 0 Å². The molecule has 0 aromatic heterocycles. The van der Waals surface area contributed by atoms with E-state index in [0.29, 0.717) is 20.1 Å². The highest BCUT2D eigenvalue weighted by Crippen LogP contribution is 2.28. The lowest BCUT2D eigenvalue weighted by atomic mass is 9.98. The summed E-state index contributed by atoms with van der Waals surface area (Å²) in [5.41, 5.74) is 2.69. The van der Waals surface area contributed by atoms with Gasteiger partial charge < -0.3 is 14.9 Å². The maximum Gasteiger partial charge on any atom is 0.189 e. The van der Waals surface area contributed by atoms with Crippen molar-refractivity contribution >= 4 is 49.8 Å². The van der Waals surface area contributed by atoms with E-state index in [4.69, 9.17) is 4.74 Å². The molecule has 0 saturated carbocycles. The van der Waals surface area contributed by atoms with Gasteiger partial charge in [0, 0.05) is 11.1 Å². The zero-order valence-electron chi connectivity index (χ0n) is 13.0. The van der Waals surface area contributed by atoms with Crippen molar-refractivity contribution in [2.45, 2.75) is 0 Å². The average molecular weight is 466 g/mol. The van der Waals surface area contributed by atoms with E-state index < -0.39 is 0 Å². The summed E-state index contributed by atoms with van der Waals surface area (Å²) >= 11 is 6.53. The van der Waals surface area contributed by atoms with Gasteiger partial charge in [0.05, 0.1) is 22.2 Å². The molecule has 0 unspecified atom stereocenters. The number of rotatable bonds is 2. The number of ketones is 1. The fraction of sp³-hybridized carbons (Fsp3) is 0.105. The zero-order valence-corrected chi connectivity index (χ0v) is 16.2. The van der Waals surface area contributed by atoms with Crippen LogP contribution in [-0.4, -0.2) is 29.2 Å². The zero-order chi connectivity index (χ0) is 18.0. The van der Waals surface area contributed by atoms with Crippen molar-refractivity contribution < 1.29 is 19.7 Å². The summed E-state index contributed by atoms with van der Waals surface area (Å²) < 4.78 is 6.67. The van der Waals surface area contributed by atoms with Crippen LogP contribution in [0, 0.1) is 0 Å². The predicted molar refractivity (Wildman–Crippen MR) is 103 cm³/mol. The molecule has 1 aliphatic heterocycles. The van der Waals surface area contributed by atoms with Gasteiger partial charge in [0.15, 0.2) is 5.78 Å². The van der Waals surface area contributed by atoms with Gasteiger partial charge in [-0.05, 0) is 79.4 Å². The summed E-state index contributed by atoms with van der Waals surface area (Å²) in [6.07, 6.45) is 3.51. The molecule has 2 aromatic rings. The molecule has 1 heterocycles. The number of phenols is 2. The maximum absolute atomic E-state index is 12.7. The van der Waals surface area contributed by atoms with Crippen LogP contribution in [0.25, 0.3) is 12.2 Å². The molecule has 0 radical (unpaired) electrons. The molecule has 1 fully saturated rings. The summed E-state index contributed by atoms with van der Waals surface area (Å²) in [6, 6.07) is 10.1. The molecule has 0 spiro atoms. The number of phenolic OH excluding ortho intramolecular Hbond substituents is 2. The number of aromatic hydroxyl groups is 2. The van der Waals surface area contributed by atoms with Gasteiger partial charge in [0.1, 0.15) is 11.5 Å². The lowest BCUT2D eigenvalue weighted by Crippen LogP contribution is -2.21. The fourth-order valence-corrected chi connectivity index (χ4v) is 3.24. The first kappa shape index (κ1) is 17.9. The van der Waals surface area contributed by atoms with E-state index in [0.717, 1.165) is 11.1 Å². The number of halogens is 2. The molecule has 6 heteroatoms. The Kier molecular flexibility index (Phi) is 5.42. The number of carbonyl (C=O) groups excluding carboxylic acids is 1. The smallest absolute Gasteiger partial charge is 0.189 e. The van der Waals surface area contributed by atoms with Crippen LogP contribution in [0.5, 0.6) is 11.5 Å². The van der Waals surface area contributed by atoms with E-state index in [9.17, 15) is 15.0 Å². The van der Waals surface area contributed by atoms with Crippen molar-refractivity contribution in [2.75, 3.05) is 13.2 Å². The van der Waals surface area contributed by atoms with Gasteiger partial charge >= 0.3 is 0 Å². The summed E-state index contributed by atoms with van der Waals surface area (Å²) in [5.74, 6) is 0.221. The second kappa shape index (κ2) is 7.56. The minimum Gasteiger partial charge on any atom is -0.507 e. The highest BCUT2D eigenvalue weighted by molar-refractivity contribution is 9.10. The highest BCUT2D eigenvalue weighted by atomic mass is 79.9. The van der Waals surface area contributed by atoms with Gasteiger partial charge in [-0.25, -0.2) is 0 Å². The summed E-state index contributed by atoms with van der Waals surface area (Å²) in [5, 5.41) is 19.1. The van der Waals surface area contributed by atoms with E-state index in [2.05, 4.69) is 31.9 Å². The van der Waals surface area contributed by atoms with Gasteiger partial charge in [0.2, 0.25) is 0 Å². The summed E-state index contributed by atoms with van der Waals surface area (Å²) in [7, 11) is 0. The molecular weight excluding hydrogens is 452 g/mol. The molecule has 2 aromatic carbocycles. The molecule has 25 heavy (non-hydrogen) atoms. The number of hydrogen-bond donors (Lipinski definition) is 2. The fourth-order valence-electron chi connectivity index (χ4n) is 2.45. The van der Waals surface area contributed by atoms with Crippen LogP contribution in [0.4, 0.5) is 0 Å². The van der Waals surface area contributed by atoms with Crippen molar-refractivity contribution in [2.24, 2.45) is 0 Å². The molecule has 0 aliphatic carbocycles. The third kappa shape index (κ3) is 4.21. The SMILES string of the molecule is O=C1/C(=C/c2ccc(O)c(Br)c2)COC/C1=C\c1ccc(O)c(Br)c1. The molecule has 0 bridgehead atoms. The van der Waals surface area contributed by atoms with E-state index >= 15 is 0 Å². The van der Waals surface area contributed by atoms with Crippen LogP contribution in [0.3, 0.4) is 0 Å². The third-order valence-corrected chi connectivity index (χ3v) is 4.99. The number of Topliss-reactive ketones (excluding diaryl/α,β-unsaturated/α-hetero) is 1. The Bertz CT molecular complexity index is 829. The Morgan fingerprint density at radius 2 is 1.28 bits per heavy atom. The molecule has 0 amide bonds. The Morgan fingerprint density at radius 3 is 1.68 bits per heavy atom. The molecule has 2 N–H and O–H groups in total.